The lowest BCUT2D eigenvalue weighted by atomic mass is 9.94. The molecule has 0 N–H and O–H groups in total. The highest BCUT2D eigenvalue weighted by Gasteiger charge is 2.30. The molecule has 140 valence electrons. The van der Waals surface area contributed by atoms with Crippen molar-refractivity contribution in [2.45, 2.75) is 45.6 Å². The molecule has 0 unspecified atom stereocenters. The summed E-state index contributed by atoms with van der Waals surface area (Å²) in [5, 5.41) is 4.54. The number of amides is 1. The van der Waals surface area contributed by atoms with E-state index in [0.29, 0.717) is 11.6 Å². The second kappa shape index (κ2) is 7.94. The van der Waals surface area contributed by atoms with Crippen molar-refractivity contribution in [2.75, 3.05) is 13.7 Å². The molecular formula is C21H29N3O2. The maximum atomic E-state index is 13.3. The van der Waals surface area contributed by atoms with Gasteiger partial charge in [-0.1, -0.05) is 26.0 Å². The van der Waals surface area contributed by atoms with Gasteiger partial charge >= 0.3 is 0 Å². The lowest BCUT2D eigenvalue weighted by Gasteiger charge is -2.36. The number of nitrogens with zero attached hydrogens (tertiary/aromatic N) is 3. The van der Waals surface area contributed by atoms with Crippen LogP contribution < -0.4 is 4.74 Å². The Kier molecular flexibility index (Phi) is 5.64. The van der Waals surface area contributed by atoms with Gasteiger partial charge in [0.15, 0.2) is 0 Å². The van der Waals surface area contributed by atoms with Crippen LogP contribution in [0.15, 0.2) is 30.3 Å². The van der Waals surface area contributed by atoms with Crippen LogP contribution in [-0.4, -0.2) is 34.2 Å². The van der Waals surface area contributed by atoms with E-state index >= 15 is 0 Å². The minimum atomic E-state index is 0.0792. The Morgan fingerprint density at radius 3 is 2.65 bits per heavy atom. The molecule has 0 spiro atoms. The fraction of sp³-hybridized carbons (Fsp3) is 0.524. The maximum Gasteiger partial charge on any atom is 0.272 e. The van der Waals surface area contributed by atoms with Gasteiger partial charge in [0.05, 0.1) is 18.8 Å². The molecule has 1 atom stereocenters. The van der Waals surface area contributed by atoms with E-state index in [1.54, 1.807) is 11.8 Å². The van der Waals surface area contributed by atoms with E-state index in [0.717, 1.165) is 43.7 Å². The zero-order chi connectivity index (χ0) is 18.7. The molecule has 1 amide bonds. The Morgan fingerprint density at radius 1 is 1.27 bits per heavy atom. The Morgan fingerprint density at radius 2 is 2.00 bits per heavy atom. The van der Waals surface area contributed by atoms with E-state index in [9.17, 15) is 4.79 Å². The van der Waals surface area contributed by atoms with Gasteiger partial charge in [0, 0.05) is 13.6 Å². The summed E-state index contributed by atoms with van der Waals surface area (Å²) in [6.45, 7) is 5.13. The van der Waals surface area contributed by atoms with Gasteiger partial charge in [0.1, 0.15) is 11.4 Å². The molecule has 1 aromatic carbocycles. The summed E-state index contributed by atoms with van der Waals surface area (Å²) in [6.07, 6.45) is 4.08. The van der Waals surface area contributed by atoms with E-state index in [2.05, 4.69) is 31.1 Å². The van der Waals surface area contributed by atoms with Crippen molar-refractivity contribution in [3.8, 4) is 5.75 Å². The first-order valence-corrected chi connectivity index (χ1v) is 9.47. The molecule has 2 heterocycles. The molecule has 0 saturated carbocycles. The van der Waals surface area contributed by atoms with Crippen molar-refractivity contribution >= 4 is 5.91 Å². The molecule has 5 nitrogen and oxygen atoms in total. The topological polar surface area (TPSA) is 47.4 Å². The minimum absolute atomic E-state index is 0.0792. The zero-order valence-electron chi connectivity index (χ0n) is 16.2. The highest BCUT2D eigenvalue weighted by atomic mass is 16.5. The van der Waals surface area contributed by atoms with Gasteiger partial charge in [-0.25, -0.2) is 0 Å². The molecule has 1 aromatic heterocycles. The fourth-order valence-corrected chi connectivity index (χ4v) is 3.74. The minimum Gasteiger partial charge on any atom is -0.497 e. The van der Waals surface area contributed by atoms with E-state index in [4.69, 9.17) is 4.74 Å². The predicted molar refractivity (Wildman–Crippen MR) is 102 cm³/mol. The van der Waals surface area contributed by atoms with E-state index in [-0.39, 0.29) is 11.9 Å². The van der Waals surface area contributed by atoms with Crippen LogP contribution in [0.4, 0.5) is 0 Å². The molecule has 0 bridgehead atoms. The SMILES string of the molecule is COc1ccc([C@H]2CCCCN2C(=O)c2cc(CC(C)C)nn2C)cc1. The molecule has 5 heteroatoms. The van der Waals surface area contributed by atoms with Crippen LogP contribution >= 0.6 is 0 Å². The molecule has 0 aliphatic carbocycles. The second-order valence-corrected chi connectivity index (χ2v) is 7.53. The van der Waals surface area contributed by atoms with Gasteiger partial charge < -0.3 is 9.64 Å². The molecular weight excluding hydrogens is 326 g/mol. The Hall–Kier alpha value is -2.30. The van der Waals surface area contributed by atoms with Crippen molar-refractivity contribution in [3.63, 3.8) is 0 Å². The first-order chi connectivity index (χ1) is 12.5. The number of benzene rings is 1. The quantitative estimate of drug-likeness (QED) is 0.815. The van der Waals surface area contributed by atoms with Gasteiger partial charge in [0.2, 0.25) is 0 Å². The Balaban J connectivity index is 1.84. The number of aryl methyl sites for hydroxylation is 1. The van der Waals surface area contributed by atoms with E-state index in [1.807, 2.05) is 30.1 Å². The monoisotopic (exact) mass is 355 g/mol. The standard InChI is InChI=1S/C21H29N3O2/c1-15(2)13-17-14-20(23(3)22-17)21(25)24-12-6-5-7-19(24)16-8-10-18(26-4)11-9-16/h8-11,14-15,19H,5-7,12-13H2,1-4H3/t19-/m1/s1. The zero-order valence-corrected chi connectivity index (χ0v) is 16.2. The van der Waals surface area contributed by atoms with Crippen molar-refractivity contribution in [1.82, 2.24) is 14.7 Å². The average Bonchev–Trinajstić information content (AvgIpc) is 3.00. The van der Waals surface area contributed by atoms with Gasteiger partial charge in [0.25, 0.3) is 5.91 Å². The van der Waals surface area contributed by atoms with E-state index in [1.165, 1.54) is 5.56 Å². The molecule has 1 aliphatic heterocycles. The third-order valence-corrected chi connectivity index (χ3v) is 5.03. The molecule has 2 aromatic rings. The summed E-state index contributed by atoms with van der Waals surface area (Å²) in [6, 6.07) is 10.2. The number of aromatic nitrogens is 2. The maximum absolute atomic E-state index is 13.3. The second-order valence-electron chi connectivity index (χ2n) is 7.53. The molecule has 1 fully saturated rings. The smallest absolute Gasteiger partial charge is 0.272 e. The first kappa shape index (κ1) is 18.5. The van der Waals surface area contributed by atoms with Crippen LogP contribution in [0.2, 0.25) is 0 Å². The molecule has 0 radical (unpaired) electrons. The molecule has 3 rings (SSSR count). The first-order valence-electron chi connectivity index (χ1n) is 9.47. The third-order valence-electron chi connectivity index (χ3n) is 5.03. The Bertz CT molecular complexity index is 749. The number of hydrogen-bond donors (Lipinski definition) is 0. The van der Waals surface area contributed by atoms with Gasteiger partial charge in [-0.2, -0.15) is 5.10 Å². The molecule has 1 saturated heterocycles. The lowest BCUT2D eigenvalue weighted by molar-refractivity contribution is 0.0600. The number of carbonyl (C=O) groups excluding carboxylic acids is 1. The summed E-state index contributed by atoms with van der Waals surface area (Å²) in [7, 11) is 3.53. The summed E-state index contributed by atoms with van der Waals surface area (Å²) in [4.78, 5) is 15.3. The van der Waals surface area contributed by atoms with E-state index < -0.39 is 0 Å². The fourth-order valence-electron chi connectivity index (χ4n) is 3.74. The largest absolute Gasteiger partial charge is 0.497 e. The number of piperidine rings is 1. The van der Waals surface area contributed by atoms with Crippen LogP contribution in [0.1, 0.15) is 60.9 Å². The van der Waals surface area contributed by atoms with Crippen molar-refractivity contribution < 1.29 is 9.53 Å². The van der Waals surface area contributed by atoms with Gasteiger partial charge in [-0.3, -0.25) is 9.48 Å². The summed E-state index contributed by atoms with van der Waals surface area (Å²) < 4.78 is 6.99. The molecule has 26 heavy (non-hydrogen) atoms. The number of methoxy groups -OCH3 is 1. The average molecular weight is 355 g/mol. The van der Waals surface area contributed by atoms with Crippen LogP contribution in [0.3, 0.4) is 0 Å². The van der Waals surface area contributed by atoms with Gasteiger partial charge in [-0.05, 0) is 55.4 Å². The summed E-state index contributed by atoms with van der Waals surface area (Å²) in [5.41, 5.74) is 2.84. The summed E-state index contributed by atoms with van der Waals surface area (Å²) in [5.74, 6) is 1.44. The van der Waals surface area contributed by atoms with Crippen LogP contribution in [0.5, 0.6) is 5.75 Å². The third kappa shape index (κ3) is 3.92. The van der Waals surface area contributed by atoms with Crippen LogP contribution in [-0.2, 0) is 13.5 Å². The Labute approximate surface area is 156 Å². The number of rotatable bonds is 5. The number of ether oxygens (including phenoxy) is 1. The van der Waals surface area contributed by atoms with Gasteiger partial charge in [-0.15, -0.1) is 0 Å². The molecule has 1 aliphatic rings. The predicted octanol–water partition coefficient (Wildman–Crippen LogP) is 3.99. The number of likely N-dealkylation sites (tertiary alicyclic amines) is 1. The number of carbonyl (C=O) groups is 1. The summed E-state index contributed by atoms with van der Waals surface area (Å²) >= 11 is 0. The normalized spacial score (nSPS) is 17.6. The van der Waals surface area contributed by atoms with Crippen molar-refractivity contribution in [2.24, 2.45) is 13.0 Å². The highest BCUT2D eigenvalue weighted by Crippen LogP contribution is 2.33. The van der Waals surface area contributed by atoms with Crippen molar-refractivity contribution in [3.05, 3.63) is 47.3 Å². The highest BCUT2D eigenvalue weighted by molar-refractivity contribution is 5.93. The van der Waals surface area contributed by atoms with Crippen LogP contribution in [0, 0.1) is 5.92 Å². The van der Waals surface area contributed by atoms with Crippen molar-refractivity contribution in [1.29, 1.82) is 0 Å². The number of hydrogen-bond acceptors (Lipinski definition) is 3. The lowest BCUT2D eigenvalue weighted by Crippen LogP contribution is -2.39. The van der Waals surface area contributed by atoms with Crippen LogP contribution in [0.25, 0.3) is 0 Å².